The van der Waals surface area contributed by atoms with E-state index in [1.54, 1.807) is 6.26 Å². The van der Waals surface area contributed by atoms with Crippen molar-refractivity contribution in [2.75, 3.05) is 46.3 Å². The lowest BCUT2D eigenvalue weighted by atomic mass is 9.97. The average molecular weight is 558 g/mol. The molecule has 2 aromatic rings. The monoisotopic (exact) mass is 557 g/mol. The summed E-state index contributed by atoms with van der Waals surface area (Å²) >= 11 is 1.86. The summed E-state index contributed by atoms with van der Waals surface area (Å²) in [6.07, 6.45) is 6.82. The maximum Gasteiger partial charge on any atom is 0.191 e. The van der Waals surface area contributed by atoms with E-state index in [1.165, 1.54) is 43.6 Å². The molecule has 0 radical (unpaired) electrons. The van der Waals surface area contributed by atoms with E-state index in [1.807, 2.05) is 24.5 Å². The summed E-state index contributed by atoms with van der Waals surface area (Å²) in [6.45, 7) is 7.56. The first kappa shape index (κ1) is 24.5. The number of guanidine groups is 1. The first-order valence-electron chi connectivity index (χ1n) is 11.3. The second kappa shape index (κ2) is 12.8. The summed E-state index contributed by atoms with van der Waals surface area (Å²) in [4.78, 5) is 11.0. The molecule has 0 saturated carbocycles. The summed E-state index contributed by atoms with van der Waals surface area (Å²) in [5, 5.41) is 9.28. The van der Waals surface area contributed by atoms with Crippen LogP contribution in [0.4, 0.5) is 0 Å². The Kier molecular flexibility index (Phi) is 10.1. The number of hydrogen-bond acceptors (Lipinski definition) is 5. The number of nitrogens with zero attached hydrogens (tertiary/aromatic N) is 3. The second-order valence-electron chi connectivity index (χ2n) is 8.41. The quantitative estimate of drug-likeness (QED) is 0.290. The predicted molar refractivity (Wildman–Crippen MR) is 139 cm³/mol. The molecule has 0 aromatic carbocycles. The highest BCUT2D eigenvalue weighted by atomic mass is 127. The molecule has 2 N–H and O–H groups in total. The van der Waals surface area contributed by atoms with Crippen LogP contribution < -0.4 is 10.6 Å². The lowest BCUT2D eigenvalue weighted by molar-refractivity contribution is 0.179. The van der Waals surface area contributed by atoms with Gasteiger partial charge >= 0.3 is 0 Å². The summed E-state index contributed by atoms with van der Waals surface area (Å²) in [6, 6.07) is 8.73. The molecule has 2 aromatic heterocycles. The summed E-state index contributed by atoms with van der Waals surface area (Å²) in [5.41, 5.74) is 0. The van der Waals surface area contributed by atoms with Crippen LogP contribution in [0.25, 0.3) is 0 Å². The molecule has 0 spiro atoms. The molecule has 4 rings (SSSR count). The van der Waals surface area contributed by atoms with Crippen LogP contribution in [0.2, 0.25) is 0 Å². The van der Waals surface area contributed by atoms with Crippen molar-refractivity contribution in [1.82, 2.24) is 20.4 Å². The molecule has 2 aliphatic rings. The van der Waals surface area contributed by atoms with Crippen molar-refractivity contribution in [2.45, 2.75) is 38.3 Å². The molecule has 0 bridgehead atoms. The predicted octanol–water partition coefficient (Wildman–Crippen LogP) is 4.17. The van der Waals surface area contributed by atoms with Gasteiger partial charge in [0, 0.05) is 31.6 Å². The number of hydrogen-bond donors (Lipinski definition) is 2. The maximum absolute atomic E-state index is 5.73. The number of thiophene rings is 1. The molecule has 6 nitrogen and oxygen atoms in total. The molecule has 0 aliphatic carbocycles. The highest BCUT2D eigenvalue weighted by molar-refractivity contribution is 14.0. The fourth-order valence-electron chi connectivity index (χ4n) is 4.57. The van der Waals surface area contributed by atoms with Crippen LogP contribution in [0.1, 0.15) is 42.4 Å². The Morgan fingerprint density at radius 3 is 2.61 bits per heavy atom. The number of halogens is 1. The van der Waals surface area contributed by atoms with Gasteiger partial charge in [0.2, 0.25) is 0 Å². The molecule has 172 valence electrons. The van der Waals surface area contributed by atoms with Crippen LogP contribution in [0.15, 0.2) is 45.3 Å². The lowest BCUT2D eigenvalue weighted by Crippen LogP contribution is -2.45. The molecule has 2 saturated heterocycles. The van der Waals surface area contributed by atoms with Gasteiger partial charge in [0.05, 0.1) is 12.3 Å². The van der Waals surface area contributed by atoms with Gasteiger partial charge in [0.25, 0.3) is 0 Å². The van der Waals surface area contributed by atoms with Crippen LogP contribution in [-0.2, 0) is 6.54 Å². The smallest absolute Gasteiger partial charge is 0.191 e. The average Bonchev–Trinajstić information content (AvgIpc) is 3.56. The van der Waals surface area contributed by atoms with E-state index in [0.29, 0.717) is 5.92 Å². The third kappa shape index (κ3) is 7.20. The minimum absolute atomic E-state index is 0. The first-order valence-corrected chi connectivity index (χ1v) is 12.2. The van der Waals surface area contributed by atoms with Gasteiger partial charge < -0.3 is 15.1 Å². The maximum atomic E-state index is 5.73. The number of aliphatic imine (C=N–C) groups is 1. The SMILES string of the molecule is CN=C(NCC1CCN(Cc2cccs2)CC1)NCC(c1ccco1)N1CCCC1.I. The first-order chi connectivity index (χ1) is 14.8. The summed E-state index contributed by atoms with van der Waals surface area (Å²) < 4.78 is 5.73. The van der Waals surface area contributed by atoms with E-state index >= 15 is 0 Å². The molecule has 0 amide bonds. The third-order valence-electron chi connectivity index (χ3n) is 6.36. The van der Waals surface area contributed by atoms with Crippen LogP contribution in [0.3, 0.4) is 0 Å². The largest absolute Gasteiger partial charge is 0.468 e. The zero-order valence-electron chi connectivity index (χ0n) is 18.5. The Balaban J connectivity index is 0.00000272. The molecule has 2 aliphatic heterocycles. The molecular weight excluding hydrogens is 521 g/mol. The van der Waals surface area contributed by atoms with Crippen molar-refractivity contribution in [2.24, 2.45) is 10.9 Å². The minimum Gasteiger partial charge on any atom is -0.468 e. The van der Waals surface area contributed by atoms with E-state index in [4.69, 9.17) is 4.42 Å². The van der Waals surface area contributed by atoms with Gasteiger partial charge in [-0.1, -0.05) is 6.07 Å². The molecule has 2 fully saturated rings. The van der Waals surface area contributed by atoms with Crippen molar-refractivity contribution in [1.29, 1.82) is 0 Å². The standard InChI is InChI=1S/C23H35N5OS.HI/c1-24-23(26-17-21(22-7-4-14-29-22)28-10-2-3-11-28)25-16-19-8-12-27(13-9-19)18-20-6-5-15-30-20;/h4-7,14-15,19,21H,2-3,8-13,16-18H2,1H3,(H2,24,25,26);1H. The van der Waals surface area contributed by atoms with Gasteiger partial charge in [0.1, 0.15) is 5.76 Å². The van der Waals surface area contributed by atoms with Crippen LogP contribution >= 0.6 is 35.3 Å². The van der Waals surface area contributed by atoms with Crippen LogP contribution in [0, 0.1) is 5.92 Å². The fraction of sp³-hybridized carbons (Fsp3) is 0.609. The van der Waals surface area contributed by atoms with Gasteiger partial charge in [-0.05, 0) is 81.4 Å². The van der Waals surface area contributed by atoms with Crippen LogP contribution in [0.5, 0.6) is 0 Å². The highest BCUT2D eigenvalue weighted by Gasteiger charge is 2.26. The molecule has 31 heavy (non-hydrogen) atoms. The van der Waals surface area contributed by atoms with Crippen molar-refractivity contribution in [3.8, 4) is 0 Å². The van der Waals surface area contributed by atoms with Gasteiger partial charge in [-0.3, -0.25) is 14.8 Å². The second-order valence-corrected chi connectivity index (χ2v) is 9.44. The van der Waals surface area contributed by atoms with E-state index in [9.17, 15) is 0 Å². The van der Waals surface area contributed by atoms with E-state index in [-0.39, 0.29) is 30.0 Å². The summed E-state index contributed by atoms with van der Waals surface area (Å²) in [5.74, 6) is 2.65. The lowest BCUT2D eigenvalue weighted by Gasteiger charge is -2.32. The van der Waals surface area contributed by atoms with Gasteiger partial charge in [0.15, 0.2) is 5.96 Å². The number of furan rings is 1. The Bertz CT molecular complexity index is 753. The minimum atomic E-state index is 0. The topological polar surface area (TPSA) is 56.0 Å². The normalized spacial score (nSPS) is 19.8. The third-order valence-corrected chi connectivity index (χ3v) is 7.23. The Morgan fingerprint density at radius 1 is 1.16 bits per heavy atom. The Hall–Kier alpha value is -1.10. The molecule has 1 unspecified atom stereocenters. The van der Waals surface area contributed by atoms with E-state index in [0.717, 1.165) is 44.4 Å². The number of piperidine rings is 1. The number of rotatable bonds is 8. The molecule has 4 heterocycles. The van der Waals surface area contributed by atoms with E-state index < -0.39 is 0 Å². The van der Waals surface area contributed by atoms with Crippen molar-refractivity contribution in [3.05, 3.63) is 46.5 Å². The van der Waals surface area contributed by atoms with Gasteiger partial charge in [-0.15, -0.1) is 35.3 Å². The molecule has 8 heteroatoms. The Labute approximate surface area is 207 Å². The van der Waals surface area contributed by atoms with Crippen molar-refractivity contribution < 1.29 is 4.42 Å². The van der Waals surface area contributed by atoms with Gasteiger partial charge in [-0.2, -0.15) is 0 Å². The molecular formula is C23H36IN5OS. The Morgan fingerprint density at radius 2 is 1.97 bits per heavy atom. The summed E-state index contributed by atoms with van der Waals surface area (Å²) in [7, 11) is 1.86. The zero-order valence-corrected chi connectivity index (χ0v) is 21.6. The highest BCUT2D eigenvalue weighted by Crippen LogP contribution is 2.25. The van der Waals surface area contributed by atoms with Gasteiger partial charge in [-0.25, -0.2) is 0 Å². The van der Waals surface area contributed by atoms with E-state index in [2.05, 4.69) is 49.0 Å². The molecule has 1 atom stereocenters. The number of likely N-dealkylation sites (tertiary alicyclic amines) is 2. The van der Waals surface area contributed by atoms with Crippen molar-refractivity contribution in [3.63, 3.8) is 0 Å². The van der Waals surface area contributed by atoms with Crippen molar-refractivity contribution >= 4 is 41.3 Å². The fourth-order valence-corrected chi connectivity index (χ4v) is 5.32. The van der Waals surface area contributed by atoms with Crippen LogP contribution in [-0.4, -0.2) is 62.1 Å². The zero-order chi connectivity index (χ0) is 20.6. The number of nitrogens with one attached hydrogen (secondary N) is 2.